The third kappa shape index (κ3) is 5.25. The molecule has 196 valence electrons. The molecule has 0 radical (unpaired) electrons. The molecule has 2 heterocycles. The van der Waals surface area contributed by atoms with Gasteiger partial charge in [0, 0.05) is 20.0 Å². The Morgan fingerprint density at radius 3 is 2.47 bits per heavy atom. The van der Waals surface area contributed by atoms with Gasteiger partial charge in [0.25, 0.3) is 5.56 Å². The van der Waals surface area contributed by atoms with Crippen LogP contribution in [-0.2, 0) is 11.9 Å². The lowest BCUT2D eigenvalue weighted by atomic mass is 9.79. The van der Waals surface area contributed by atoms with E-state index in [2.05, 4.69) is 10.1 Å². The maximum absolute atomic E-state index is 13.0. The third-order valence-electron chi connectivity index (χ3n) is 6.95. The number of pyridine rings is 2. The topological polar surface area (TPSA) is 128 Å². The summed E-state index contributed by atoms with van der Waals surface area (Å²) in [5.41, 5.74) is 2.16. The fraction of sp³-hybridized carbons (Fsp3) is 0.414. The molecule has 1 N–H and O–H groups in total. The summed E-state index contributed by atoms with van der Waals surface area (Å²) in [4.78, 5) is 25.1. The molecule has 9 nitrogen and oxygen atoms in total. The van der Waals surface area contributed by atoms with Crippen molar-refractivity contribution in [3.8, 4) is 12.1 Å². The second kappa shape index (κ2) is 10.6. The highest BCUT2D eigenvalue weighted by atomic mass is 16.6. The van der Waals surface area contributed by atoms with Gasteiger partial charge >= 0.3 is 0 Å². The average molecular weight is 513 g/mol. The number of anilines is 1. The van der Waals surface area contributed by atoms with Gasteiger partial charge < -0.3 is 19.4 Å². The molecule has 0 spiro atoms. The first-order valence-corrected chi connectivity index (χ1v) is 12.6. The molecule has 9 heteroatoms. The number of aromatic nitrogens is 2. The molecule has 3 atom stereocenters. The first-order chi connectivity index (χ1) is 18.1. The molecule has 38 heavy (non-hydrogen) atoms. The van der Waals surface area contributed by atoms with Crippen LogP contribution in [0.25, 0.3) is 11.0 Å². The standard InChI is InChI=1S/C29H32N6O3/c1-29(2,3)38-33-25(18-9-7-6-8-10-18)19-11-13-22(24(36)15-19)34(4)27-21(17-31)28(37)35(5)23-14-12-20(16-30)32-26(23)27/h6-10,12,14,19,22,24,36H,11,13,15H2,1-5H3/b33-25+/t19-,22+,24+/m0/s1. The van der Waals surface area contributed by atoms with Gasteiger partial charge in [-0.25, -0.2) is 4.98 Å². The van der Waals surface area contributed by atoms with Crippen molar-refractivity contribution in [3.05, 3.63) is 69.6 Å². The van der Waals surface area contributed by atoms with E-state index < -0.39 is 17.3 Å². The Balaban J connectivity index is 1.70. The van der Waals surface area contributed by atoms with Gasteiger partial charge in [-0.1, -0.05) is 35.5 Å². The van der Waals surface area contributed by atoms with Crippen LogP contribution in [0.4, 0.5) is 5.69 Å². The SMILES string of the molecule is CN(c1c(C#N)c(=O)n(C)c2ccc(C#N)nc12)[C@@H]1CC[C@H](/C(=N/OC(C)(C)C)c2ccccc2)C[C@H]1O. The Hall–Kier alpha value is -4.21. The summed E-state index contributed by atoms with van der Waals surface area (Å²) in [6.07, 6.45) is 0.961. The predicted molar refractivity (Wildman–Crippen MR) is 146 cm³/mol. The van der Waals surface area contributed by atoms with Gasteiger partial charge in [0.15, 0.2) is 0 Å². The zero-order valence-corrected chi connectivity index (χ0v) is 22.3. The Labute approximate surface area is 222 Å². The van der Waals surface area contributed by atoms with Crippen molar-refractivity contribution in [2.24, 2.45) is 18.1 Å². The molecule has 0 aliphatic heterocycles. The van der Waals surface area contributed by atoms with Crippen LogP contribution in [0.3, 0.4) is 0 Å². The molecule has 1 aliphatic carbocycles. The monoisotopic (exact) mass is 512 g/mol. The Kier molecular flexibility index (Phi) is 7.52. The van der Waals surface area contributed by atoms with Gasteiger partial charge in [-0.2, -0.15) is 10.5 Å². The van der Waals surface area contributed by atoms with Crippen LogP contribution in [0.1, 0.15) is 56.9 Å². The second-order valence-corrected chi connectivity index (χ2v) is 10.7. The molecule has 0 bridgehead atoms. The fourth-order valence-corrected chi connectivity index (χ4v) is 5.05. The van der Waals surface area contributed by atoms with E-state index in [-0.39, 0.29) is 23.2 Å². The first-order valence-electron chi connectivity index (χ1n) is 12.6. The van der Waals surface area contributed by atoms with Gasteiger partial charge in [-0.15, -0.1) is 0 Å². The highest BCUT2D eigenvalue weighted by molar-refractivity contribution is 6.02. The van der Waals surface area contributed by atoms with Crippen LogP contribution in [-0.4, -0.2) is 45.2 Å². The average Bonchev–Trinajstić information content (AvgIpc) is 2.90. The van der Waals surface area contributed by atoms with Crippen molar-refractivity contribution < 1.29 is 9.94 Å². The van der Waals surface area contributed by atoms with Crippen molar-refractivity contribution in [3.63, 3.8) is 0 Å². The summed E-state index contributed by atoms with van der Waals surface area (Å²) in [6.45, 7) is 5.81. The van der Waals surface area contributed by atoms with Crippen molar-refractivity contribution in [1.29, 1.82) is 10.5 Å². The van der Waals surface area contributed by atoms with Crippen LogP contribution < -0.4 is 10.5 Å². The Morgan fingerprint density at radius 2 is 1.87 bits per heavy atom. The van der Waals surface area contributed by atoms with E-state index in [0.717, 1.165) is 17.7 Å². The number of fused-ring (bicyclic) bond motifs is 1. The molecule has 0 unspecified atom stereocenters. The van der Waals surface area contributed by atoms with Crippen molar-refractivity contribution in [1.82, 2.24) is 9.55 Å². The minimum atomic E-state index is -0.771. The molecule has 1 saturated carbocycles. The van der Waals surface area contributed by atoms with E-state index in [1.165, 1.54) is 4.57 Å². The largest absolute Gasteiger partial charge is 0.391 e. The number of benzene rings is 1. The summed E-state index contributed by atoms with van der Waals surface area (Å²) in [7, 11) is 3.34. The molecule has 0 amide bonds. The third-order valence-corrected chi connectivity index (χ3v) is 6.95. The highest BCUT2D eigenvalue weighted by Crippen LogP contribution is 2.35. The molecule has 1 aliphatic rings. The number of nitriles is 2. The van der Waals surface area contributed by atoms with E-state index in [1.807, 2.05) is 63.2 Å². The van der Waals surface area contributed by atoms with Gasteiger partial charge in [-0.05, 0) is 57.7 Å². The zero-order valence-electron chi connectivity index (χ0n) is 22.3. The summed E-state index contributed by atoms with van der Waals surface area (Å²) in [5, 5.41) is 35.2. The second-order valence-electron chi connectivity index (χ2n) is 10.7. The number of hydrogen-bond donors (Lipinski definition) is 1. The van der Waals surface area contributed by atoms with Gasteiger partial charge in [-0.3, -0.25) is 4.79 Å². The van der Waals surface area contributed by atoms with E-state index in [1.54, 1.807) is 31.1 Å². The summed E-state index contributed by atoms with van der Waals surface area (Å²) in [5.74, 6) is -0.0430. The molecule has 2 aromatic heterocycles. The van der Waals surface area contributed by atoms with E-state index in [0.29, 0.717) is 29.6 Å². The zero-order chi connectivity index (χ0) is 27.6. The number of nitrogens with zero attached hydrogens (tertiary/aromatic N) is 6. The number of hydrogen-bond acceptors (Lipinski definition) is 8. The number of rotatable bonds is 5. The van der Waals surface area contributed by atoms with E-state index >= 15 is 0 Å². The number of aliphatic hydroxyl groups is 1. The first kappa shape index (κ1) is 26.8. The van der Waals surface area contributed by atoms with Crippen LogP contribution in [0.5, 0.6) is 0 Å². The molecule has 1 aromatic carbocycles. The molecule has 4 rings (SSSR count). The van der Waals surface area contributed by atoms with Crippen LogP contribution in [0, 0.1) is 28.6 Å². The molecular formula is C29H32N6O3. The molecule has 3 aromatic rings. The summed E-state index contributed by atoms with van der Waals surface area (Å²) in [6, 6.07) is 16.7. The van der Waals surface area contributed by atoms with Crippen LogP contribution in [0.15, 0.2) is 52.4 Å². The lowest BCUT2D eigenvalue weighted by Gasteiger charge is -2.40. The van der Waals surface area contributed by atoms with Crippen molar-refractivity contribution >= 4 is 22.4 Å². The fourth-order valence-electron chi connectivity index (χ4n) is 5.05. The maximum Gasteiger partial charge on any atom is 0.270 e. The van der Waals surface area contributed by atoms with Crippen molar-refractivity contribution in [2.75, 3.05) is 11.9 Å². The predicted octanol–water partition coefficient (Wildman–Crippen LogP) is 3.86. The molecular weight excluding hydrogens is 480 g/mol. The minimum absolute atomic E-state index is 0.0430. The number of oxime groups is 1. The van der Waals surface area contributed by atoms with Crippen LogP contribution in [0.2, 0.25) is 0 Å². The highest BCUT2D eigenvalue weighted by Gasteiger charge is 2.37. The Bertz CT molecular complexity index is 1510. The van der Waals surface area contributed by atoms with Gasteiger partial charge in [0.2, 0.25) is 0 Å². The van der Waals surface area contributed by atoms with Crippen molar-refractivity contribution in [2.45, 2.75) is 57.8 Å². The quantitative estimate of drug-likeness (QED) is 0.406. The minimum Gasteiger partial charge on any atom is -0.391 e. The van der Waals surface area contributed by atoms with Gasteiger partial charge in [0.1, 0.15) is 34.5 Å². The molecule has 0 saturated heterocycles. The lowest BCUT2D eigenvalue weighted by Crippen LogP contribution is -2.47. The number of aliphatic hydroxyl groups excluding tert-OH is 1. The lowest BCUT2D eigenvalue weighted by molar-refractivity contribution is -0.000634. The smallest absolute Gasteiger partial charge is 0.270 e. The maximum atomic E-state index is 13.0. The van der Waals surface area contributed by atoms with Gasteiger partial charge in [0.05, 0.1) is 29.1 Å². The Morgan fingerprint density at radius 1 is 1.16 bits per heavy atom. The van der Waals surface area contributed by atoms with E-state index in [4.69, 9.17) is 4.84 Å². The van der Waals surface area contributed by atoms with Crippen LogP contribution >= 0.6 is 0 Å². The van der Waals surface area contributed by atoms with E-state index in [9.17, 15) is 20.4 Å². The normalized spacial score (nSPS) is 20.0. The summed E-state index contributed by atoms with van der Waals surface area (Å²) >= 11 is 0. The number of aryl methyl sites for hydroxylation is 1. The summed E-state index contributed by atoms with van der Waals surface area (Å²) < 4.78 is 1.37. The number of likely N-dealkylation sites (N-methyl/N-ethyl adjacent to an activating group) is 1. The molecule has 1 fully saturated rings.